The van der Waals surface area contributed by atoms with Gasteiger partial charge in [0.2, 0.25) is 0 Å². The summed E-state index contributed by atoms with van der Waals surface area (Å²) in [4.78, 5) is 22.3. The molecular weight excluding hydrogens is 248 g/mol. The number of hydrogen-bond donors (Lipinski definition) is 4. The smallest absolute Gasteiger partial charge is 0.319 e. The van der Waals surface area contributed by atoms with Crippen LogP contribution < -0.4 is 0 Å². The van der Waals surface area contributed by atoms with Crippen LogP contribution in [0.15, 0.2) is 0 Å². The summed E-state index contributed by atoms with van der Waals surface area (Å²) < 4.78 is -2.78. The monoisotopic (exact) mass is 266 g/mol. The van der Waals surface area contributed by atoms with Gasteiger partial charge in [-0.25, -0.2) is 0 Å². The normalized spacial score (nSPS) is 18.1. The molecule has 0 radical (unpaired) electrons. The second-order valence-corrected chi connectivity index (χ2v) is 6.13. The van der Waals surface area contributed by atoms with Crippen molar-refractivity contribution in [1.29, 1.82) is 0 Å². The number of carboxylic acids is 2. The molecule has 0 aliphatic rings. The zero-order chi connectivity index (χ0) is 13.7. The van der Waals surface area contributed by atoms with Crippen molar-refractivity contribution >= 4 is 23.7 Å². The minimum Gasteiger partial charge on any atom is -0.480 e. The Hall–Kier alpha value is -0.790. The molecule has 2 atom stereocenters. The predicted molar refractivity (Wildman–Crippen MR) is 63.1 cm³/mol. The third kappa shape index (κ3) is 4.18. The molecule has 0 saturated heterocycles. The van der Waals surface area contributed by atoms with Gasteiger partial charge in [0, 0.05) is 13.2 Å². The summed E-state index contributed by atoms with van der Waals surface area (Å²) in [5, 5.41) is 35.9. The molecule has 0 aliphatic carbocycles. The molecular formula is C10H18O6S. The van der Waals surface area contributed by atoms with Gasteiger partial charge in [-0.2, -0.15) is 0 Å². The van der Waals surface area contributed by atoms with Crippen LogP contribution in [0.2, 0.25) is 0 Å². The molecule has 0 aromatic heterocycles. The van der Waals surface area contributed by atoms with Crippen LogP contribution in [0.4, 0.5) is 0 Å². The van der Waals surface area contributed by atoms with Gasteiger partial charge in [0.25, 0.3) is 0 Å². The van der Waals surface area contributed by atoms with Gasteiger partial charge in [0.15, 0.2) is 0 Å². The molecule has 100 valence electrons. The average molecular weight is 266 g/mol. The van der Waals surface area contributed by atoms with Crippen molar-refractivity contribution in [3.63, 3.8) is 0 Å². The van der Waals surface area contributed by atoms with E-state index in [0.29, 0.717) is 0 Å². The highest BCUT2D eigenvalue weighted by molar-refractivity contribution is 8.03. The number of aliphatic carboxylic acids is 2. The lowest BCUT2D eigenvalue weighted by atomic mass is 10.1. The first-order valence-corrected chi connectivity index (χ1v) is 5.92. The number of hydrogen-bond acceptors (Lipinski definition) is 5. The van der Waals surface area contributed by atoms with Crippen molar-refractivity contribution in [1.82, 2.24) is 0 Å². The lowest BCUT2D eigenvalue weighted by Gasteiger charge is -2.33. The molecule has 0 aromatic carbocycles. The van der Waals surface area contributed by atoms with Gasteiger partial charge in [-0.3, -0.25) is 9.59 Å². The zero-order valence-corrected chi connectivity index (χ0v) is 10.7. The Bertz CT molecular complexity index is 267. The van der Waals surface area contributed by atoms with Gasteiger partial charge in [-0.1, -0.05) is 0 Å². The maximum Gasteiger partial charge on any atom is 0.319 e. The first kappa shape index (κ1) is 16.2. The Morgan fingerprint density at radius 2 is 1.24 bits per heavy atom. The number of carboxylic acid groups (broad SMARTS) is 2. The summed E-state index contributed by atoms with van der Waals surface area (Å²) in [6.07, 6.45) is -0.109. The minimum absolute atomic E-state index is 0.0543. The number of rotatable bonds is 8. The van der Waals surface area contributed by atoms with Crippen molar-refractivity contribution in [2.24, 2.45) is 0 Å². The standard InChI is InChI=1S/C10H18O6S/c1-9(3-5-11,7(13)14)17-10(2,4-6-12)8(15)16/h11-12H,3-6H2,1-2H3,(H,13,14)(H,15,16). The van der Waals surface area contributed by atoms with Crippen molar-refractivity contribution in [2.75, 3.05) is 13.2 Å². The van der Waals surface area contributed by atoms with E-state index in [1.165, 1.54) is 13.8 Å². The fraction of sp³-hybridized carbons (Fsp3) is 0.800. The summed E-state index contributed by atoms with van der Waals surface area (Å²) in [6.45, 7) is 2.05. The predicted octanol–water partition coefficient (Wildman–Crippen LogP) is 0.171. The van der Waals surface area contributed by atoms with Crippen LogP contribution in [0.3, 0.4) is 0 Å². The lowest BCUT2D eigenvalue weighted by molar-refractivity contribution is -0.140. The highest BCUT2D eigenvalue weighted by Gasteiger charge is 2.45. The van der Waals surface area contributed by atoms with Gasteiger partial charge in [0.1, 0.15) is 9.49 Å². The van der Waals surface area contributed by atoms with Crippen molar-refractivity contribution < 1.29 is 30.0 Å². The summed E-state index contributed by atoms with van der Waals surface area (Å²) in [5.41, 5.74) is 0. The second-order valence-electron chi connectivity index (χ2n) is 4.12. The topological polar surface area (TPSA) is 115 Å². The summed E-state index contributed by atoms with van der Waals surface area (Å²) in [6, 6.07) is 0. The van der Waals surface area contributed by atoms with Crippen molar-refractivity contribution in [3.05, 3.63) is 0 Å². The molecule has 0 heterocycles. The third-order valence-electron chi connectivity index (χ3n) is 2.53. The molecule has 17 heavy (non-hydrogen) atoms. The molecule has 0 aliphatic heterocycles. The fourth-order valence-corrected chi connectivity index (χ4v) is 2.88. The molecule has 0 aromatic rings. The maximum atomic E-state index is 11.1. The lowest BCUT2D eigenvalue weighted by Crippen LogP contribution is -2.43. The van der Waals surface area contributed by atoms with Crippen LogP contribution in [0.25, 0.3) is 0 Å². The highest BCUT2D eigenvalue weighted by atomic mass is 32.2. The van der Waals surface area contributed by atoms with E-state index in [0.717, 1.165) is 11.8 Å². The molecule has 0 rings (SSSR count). The summed E-state index contributed by atoms with van der Waals surface area (Å²) >= 11 is 0.741. The molecule has 0 fully saturated rings. The first-order valence-electron chi connectivity index (χ1n) is 5.10. The molecule has 0 spiro atoms. The Morgan fingerprint density at radius 3 is 1.41 bits per heavy atom. The molecule has 7 heteroatoms. The quantitative estimate of drug-likeness (QED) is 0.495. The third-order valence-corrected chi connectivity index (χ3v) is 4.19. The van der Waals surface area contributed by atoms with E-state index in [-0.39, 0.29) is 26.1 Å². The molecule has 6 nitrogen and oxygen atoms in total. The van der Waals surface area contributed by atoms with Gasteiger partial charge < -0.3 is 20.4 Å². The summed E-state index contributed by atoms with van der Waals surface area (Å²) in [5.74, 6) is -2.36. The largest absolute Gasteiger partial charge is 0.480 e. The van der Waals surface area contributed by atoms with E-state index in [2.05, 4.69) is 0 Å². The molecule has 0 bridgehead atoms. The van der Waals surface area contributed by atoms with Crippen molar-refractivity contribution in [2.45, 2.75) is 36.2 Å². The number of aliphatic hydroxyl groups is 2. The van der Waals surface area contributed by atoms with E-state index >= 15 is 0 Å². The Morgan fingerprint density at radius 1 is 0.941 bits per heavy atom. The Balaban J connectivity index is 5.06. The SMILES string of the molecule is CC(CCO)(SC(C)(CCO)C(=O)O)C(=O)O. The van der Waals surface area contributed by atoms with Crippen LogP contribution in [-0.2, 0) is 9.59 Å². The maximum absolute atomic E-state index is 11.1. The van der Waals surface area contributed by atoms with E-state index in [1.807, 2.05) is 0 Å². The number of carbonyl (C=O) groups is 2. The molecule has 0 saturated carbocycles. The van der Waals surface area contributed by atoms with Crippen LogP contribution in [-0.4, -0.2) is 55.1 Å². The van der Waals surface area contributed by atoms with Crippen LogP contribution in [0.5, 0.6) is 0 Å². The summed E-state index contributed by atoms with van der Waals surface area (Å²) in [7, 11) is 0. The zero-order valence-electron chi connectivity index (χ0n) is 9.84. The van der Waals surface area contributed by atoms with Crippen LogP contribution in [0.1, 0.15) is 26.7 Å². The van der Waals surface area contributed by atoms with Gasteiger partial charge in [-0.15, -0.1) is 11.8 Å². The van der Waals surface area contributed by atoms with Gasteiger partial charge >= 0.3 is 11.9 Å². The Labute approximate surface area is 104 Å². The van der Waals surface area contributed by atoms with Crippen LogP contribution in [0, 0.1) is 0 Å². The molecule has 0 amide bonds. The van der Waals surface area contributed by atoms with Gasteiger partial charge in [0.05, 0.1) is 0 Å². The fourth-order valence-electron chi connectivity index (χ4n) is 1.33. The highest BCUT2D eigenvalue weighted by Crippen LogP contribution is 2.41. The molecule has 4 N–H and O–H groups in total. The first-order chi connectivity index (χ1) is 7.72. The van der Waals surface area contributed by atoms with E-state index in [1.54, 1.807) is 0 Å². The number of thioether (sulfide) groups is 1. The number of aliphatic hydroxyl groups excluding tert-OH is 2. The van der Waals surface area contributed by atoms with Gasteiger partial charge in [-0.05, 0) is 26.7 Å². The van der Waals surface area contributed by atoms with Crippen molar-refractivity contribution in [3.8, 4) is 0 Å². The van der Waals surface area contributed by atoms with E-state index < -0.39 is 21.4 Å². The van der Waals surface area contributed by atoms with E-state index in [9.17, 15) is 9.59 Å². The minimum atomic E-state index is -1.39. The Kier molecular flexibility index (Phi) is 5.94. The average Bonchev–Trinajstić information content (AvgIpc) is 2.17. The molecule has 2 unspecified atom stereocenters. The van der Waals surface area contributed by atoms with E-state index in [4.69, 9.17) is 20.4 Å². The second kappa shape index (κ2) is 6.23. The van der Waals surface area contributed by atoms with Crippen LogP contribution >= 0.6 is 11.8 Å².